The summed E-state index contributed by atoms with van der Waals surface area (Å²) in [5.74, 6) is -0.752. The minimum Gasteiger partial charge on any atom is -0.296 e. The molecule has 0 saturated heterocycles. The Bertz CT molecular complexity index is 534. The van der Waals surface area contributed by atoms with Gasteiger partial charge < -0.3 is 0 Å². The van der Waals surface area contributed by atoms with Gasteiger partial charge in [-0.3, -0.25) is 4.31 Å². The number of aromatic nitrogens is 1. The molecule has 2 aromatic rings. The van der Waals surface area contributed by atoms with E-state index in [9.17, 15) is 8.78 Å². The number of anilines is 1. The lowest BCUT2D eigenvalue weighted by Gasteiger charge is -2.19. The van der Waals surface area contributed by atoms with Crippen molar-refractivity contribution in [2.45, 2.75) is 11.8 Å². The van der Waals surface area contributed by atoms with Crippen LogP contribution < -0.4 is 4.31 Å². The van der Waals surface area contributed by atoms with Gasteiger partial charge in [0.25, 0.3) is 0 Å². The minimum absolute atomic E-state index is 0.274. The normalized spacial score (nSPS) is 10.7. The molecule has 0 atom stereocenters. The van der Waals surface area contributed by atoms with Crippen LogP contribution in [0.1, 0.15) is 6.92 Å². The van der Waals surface area contributed by atoms with Crippen molar-refractivity contribution in [1.29, 1.82) is 0 Å². The molecule has 1 aromatic heterocycles. The van der Waals surface area contributed by atoms with Crippen molar-refractivity contribution in [3.8, 4) is 0 Å². The van der Waals surface area contributed by atoms with E-state index in [1.807, 2.05) is 16.6 Å². The van der Waals surface area contributed by atoms with Crippen molar-refractivity contribution >= 4 is 40.7 Å². The second-order valence-corrected chi connectivity index (χ2v) is 5.47. The van der Waals surface area contributed by atoms with Crippen LogP contribution >= 0.6 is 34.9 Å². The summed E-state index contributed by atoms with van der Waals surface area (Å²) in [7, 11) is 0. The second kappa shape index (κ2) is 5.86. The van der Waals surface area contributed by atoms with E-state index in [1.165, 1.54) is 17.4 Å². The fourth-order valence-electron chi connectivity index (χ4n) is 1.30. The van der Waals surface area contributed by atoms with Crippen LogP contribution in [-0.2, 0) is 0 Å². The third kappa shape index (κ3) is 2.76. The lowest BCUT2D eigenvalue weighted by atomic mass is 10.3. The van der Waals surface area contributed by atoms with Crippen LogP contribution in [-0.4, -0.2) is 11.5 Å². The van der Waals surface area contributed by atoms with E-state index in [1.54, 1.807) is 5.51 Å². The molecule has 2 nitrogen and oxygen atoms in total. The molecule has 0 N–H and O–H groups in total. The Hall–Kier alpha value is -0.850. The third-order valence-electron chi connectivity index (χ3n) is 2.17. The summed E-state index contributed by atoms with van der Waals surface area (Å²) in [4.78, 5) is 4.42. The van der Waals surface area contributed by atoms with Crippen LogP contribution in [0.5, 0.6) is 0 Å². The first-order valence-electron chi connectivity index (χ1n) is 5.10. The molecule has 0 spiro atoms. The molecule has 2 rings (SSSR count). The van der Waals surface area contributed by atoms with Crippen LogP contribution in [0.15, 0.2) is 27.9 Å². The number of hydrogen-bond acceptors (Lipinski definition) is 4. The molecule has 0 radical (unpaired) electrons. The smallest absolute Gasteiger partial charge is 0.160 e. The average molecular weight is 307 g/mol. The molecule has 0 saturated carbocycles. The van der Waals surface area contributed by atoms with Crippen LogP contribution in [0.4, 0.5) is 14.6 Å². The van der Waals surface area contributed by atoms with E-state index in [0.29, 0.717) is 6.54 Å². The fraction of sp³-hybridized carbons (Fsp3) is 0.182. The lowest BCUT2D eigenvalue weighted by Crippen LogP contribution is -2.13. The monoisotopic (exact) mass is 306 g/mol. The van der Waals surface area contributed by atoms with Crippen molar-refractivity contribution in [3.05, 3.63) is 39.7 Å². The van der Waals surface area contributed by atoms with Crippen LogP contribution in [0.25, 0.3) is 0 Å². The Morgan fingerprint density at radius 3 is 2.83 bits per heavy atom. The average Bonchev–Trinajstić information content (AvgIpc) is 2.89. The molecule has 1 aromatic carbocycles. The first-order valence-corrected chi connectivity index (χ1v) is 7.20. The number of nitrogens with zero attached hydrogens (tertiary/aromatic N) is 2. The summed E-state index contributed by atoms with van der Waals surface area (Å²) in [6, 6.07) is 2.53. The van der Waals surface area contributed by atoms with Crippen LogP contribution in [0, 0.1) is 11.6 Å². The van der Waals surface area contributed by atoms with Gasteiger partial charge in [-0.2, -0.15) is 0 Å². The maximum atomic E-state index is 13.8. The van der Waals surface area contributed by atoms with Crippen molar-refractivity contribution in [3.63, 3.8) is 0 Å². The Balaban J connectivity index is 2.26. The molecule has 0 fully saturated rings. The van der Waals surface area contributed by atoms with E-state index in [0.717, 1.165) is 23.8 Å². The van der Waals surface area contributed by atoms with Gasteiger partial charge in [-0.05, 0) is 31.0 Å². The molecule has 0 aliphatic carbocycles. The van der Waals surface area contributed by atoms with E-state index < -0.39 is 16.7 Å². The zero-order valence-corrected chi connectivity index (χ0v) is 11.8. The molecule has 0 aliphatic heterocycles. The molecular weight excluding hydrogens is 298 g/mol. The van der Waals surface area contributed by atoms with Crippen molar-refractivity contribution in [2.75, 3.05) is 10.8 Å². The van der Waals surface area contributed by atoms with Gasteiger partial charge in [0, 0.05) is 11.9 Å². The van der Waals surface area contributed by atoms with Gasteiger partial charge in [0.15, 0.2) is 5.82 Å². The molecule has 0 amide bonds. The highest BCUT2D eigenvalue weighted by molar-refractivity contribution is 8.00. The van der Waals surface area contributed by atoms with Gasteiger partial charge in [0.1, 0.15) is 16.7 Å². The van der Waals surface area contributed by atoms with Crippen molar-refractivity contribution in [1.82, 2.24) is 4.98 Å². The van der Waals surface area contributed by atoms with E-state index in [4.69, 9.17) is 11.6 Å². The molecule has 0 aliphatic rings. The van der Waals surface area contributed by atoms with Gasteiger partial charge in [-0.1, -0.05) is 11.6 Å². The summed E-state index contributed by atoms with van der Waals surface area (Å²) in [6.45, 7) is 2.57. The zero-order valence-electron chi connectivity index (χ0n) is 9.36. The van der Waals surface area contributed by atoms with E-state index in [-0.39, 0.29) is 4.90 Å². The van der Waals surface area contributed by atoms with E-state index >= 15 is 0 Å². The Morgan fingerprint density at radius 1 is 1.44 bits per heavy atom. The summed E-state index contributed by atoms with van der Waals surface area (Å²) in [5, 5.41) is 1.38. The van der Waals surface area contributed by atoms with Crippen LogP contribution in [0.3, 0.4) is 0 Å². The molecule has 1 heterocycles. The number of hydrogen-bond donors (Lipinski definition) is 0. The molecule has 18 heavy (non-hydrogen) atoms. The van der Waals surface area contributed by atoms with Gasteiger partial charge in [0.2, 0.25) is 0 Å². The Morgan fingerprint density at radius 2 is 2.22 bits per heavy atom. The van der Waals surface area contributed by atoms with Gasteiger partial charge >= 0.3 is 0 Å². The lowest BCUT2D eigenvalue weighted by molar-refractivity contribution is 0.566. The van der Waals surface area contributed by atoms with Gasteiger partial charge in [0.05, 0.1) is 10.4 Å². The number of benzene rings is 1. The van der Waals surface area contributed by atoms with Crippen molar-refractivity contribution < 1.29 is 8.78 Å². The topological polar surface area (TPSA) is 16.1 Å². The number of thiazole rings is 1. The van der Waals surface area contributed by atoms with Gasteiger partial charge in [-0.15, -0.1) is 11.3 Å². The minimum atomic E-state index is -0.754. The largest absolute Gasteiger partial charge is 0.296 e. The first-order chi connectivity index (χ1) is 8.63. The predicted molar refractivity (Wildman–Crippen MR) is 72.4 cm³/mol. The summed E-state index contributed by atoms with van der Waals surface area (Å²) < 4.78 is 28.6. The maximum absolute atomic E-state index is 13.8. The molecule has 96 valence electrons. The van der Waals surface area contributed by atoms with Crippen molar-refractivity contribution in [2.24, 2.45) is 0 Å². The third-order valence-corrected chi connectivity index (χ3v) is 4.27. The molecule has 0 unspecified atom stereocenters. The number of rotatable bonds is 4. The molecular formula is C11H9ClF2N2S2. The quantitative estimate of drug-likeness (QED) is 0.606. The summed E-state index contributed by atoms with van der Waals surface area (Å²) in [6.07, 6.45) is 0. The van der Waals surface area contributed by atoms with E-state index in [2.05, 4.69) is 4.98 Å². The summed E-state index contributed by atoms with van der Waals surface area (Å²) >= 11 is 8.14. The highest BCUT2D eigenvalue weighted by Crippen LogP contribution is 2.33. The fourth-order valence-corrected chi connectivity index (χ4v) is 3.00. The highest BCUT2D eigenvalue weighted by atomic mass is 35.5. The molecule has 0 bridgehead atoms. The Labute approximate surface area is 117 Å². The second-order valence-electron chi connectivity index (χ2n) is 3.31. The maximum Gasteiger partial charge on any atom is 0.160 e. The zero-order chi connectivity index (χ0) is 13.1. The summed E-state index contributed by atoms with van der Waals surface area (Å²) in [5.41, 5.74) is 1.70. The van der Waals surface area contributed by atoms with Gasteiger partial charge in [-0.25, -0.2) is 13.8 Å². The first kappa shape index (κ1) is 13.6. The Kier molecular flexibility index (Phi) is 4.42. The highest BCUT2D eigenvalue weighted by Gasteiger charge is 2.16. The standard InChI is InChI=1S/C11H9ClF2N2S2/c1-2-16(9-5-17-6-15-9)18-8-4-3-7(13)10(12)11(8)14/h3-6H,2H2,1H3. The molecule has 7 heteroatoms. The predicted octanol–water partition coefficient (Wildman–Crippen LogP) is 4.61. The van der Waals surface area contributed by atoms with Crippen LogP contribution in [0.2, 0.25) is 5.02 Å². The SMILES string of the molecule is CCN(Sc1ccc(F)c(Cl)c1F)c1cscn1. The number of halogens is 3.